The smallest absolute Gasteiger partial charge is 0.305 e. The zero-order chi connectivity index (χ0) is 25.3. The molecule has 1 saturated heterocycles. The Kier molecular flexibility index (Phi) is 6.54. The SMILES string of the molecule is CNC(=O)c1cc(F)ccc1CNC(=O)c1nc(N2CCCN(C)S2(=O)=O)c2cccnc2c1[O-]. The number of fused-ring (bicyclic) bond motifs is 1. The maximum absolute atomic E-state index is 13.6. The van der Waals surface area contributed by atoms with Crippen LogP contribution < -0.4 is 20.0 Å². The Balaban J connectivity index is 1.73. The molecule has 184 valence electrons. The van der Waals surface area contributed by atoms with Gasteiger partial charge in [-0.15, -0.1) is 0 Å². The summed E-state index contributed by atoms with van der Waals surface area (Å²) in [5.74, 6) is -2.90. The van der Waals surface area contributed by atoms with Gasteiger partial charge in [0.15, 0.2) is 5.82 Å². The van der Waals surface area contributed by atoms with Crippen molar-refractivity contribution < 1.29 is 27.5 Å². The second-order valence-corrected chi connectivity index (χ2v) is 9.79. The third-order valence-electron chi connectivity index (χ3n) is 5.64. The van der Waals surface area contributed by atoms with Gasteiger partial charge in [0, 0.05) is 50.9 Å². The number of anilines is 1. The summed E-state index contributed by atoms with van der Waals surface area (Å²) in [5.41, 5.74) is -0.311. The van der Waals surface area contributed by atoms with Crippen molar-refractivity contribution in [3.8, 4) is 5.75 Å². The van der Waals surface area contributed by atoms with Crippen LogP contribution in [0.2, 0.25) is 0 Å². The maximum atomic E-state index is 13.6. The summed E-state index contributed by atoms with van der Waals surface area (Å²) in [6.07, 6.45) is 1.88. The molecule has 1 aromatic carbocycles. The van der Waals surface area contributed by atoms with Crippen molar-refractivity contribution in [2.75, 3.05) is 31.5 Å². The van der Waals surface area contributed by atoms with Gasteiger partial charge in [0.1, 0.15) is 11.5 Å². The zero-order valence-corrected chi connectivity index (χ0v) is 19.7. The van der Waals surface area contributed by atoms with Gasteiger partial charge in [-0.3, -0.25) is 14.6 Å². The number of nitrogens with one attached hydrogen (secondary N) is 2. The van der Waals surface area contributed by atoms with Crippen LogP contribution in [0, 0.1) is 5.82 Å². The molecule has 11 nitrogen and oxygen atoms in total. The third kappa shape index (κ3) is 4.47. The first kappa shape index (κ1) is 24.3. The highest BCUT2D eigenvalue weighted by molar-refractivity contribution is 7.90. The van der Waals surface area contributed by atoms with Crippen LogP contribution in [0.5, 0.6) is 5.75 Å². The first-order valence-corrected chi connectivity index (χ1v) is 12.0. The fraction of sp³-hybridized carbons (Fsp3) is 0.273. The van der Waals surface area contributed by atoms with Crippen LogP contribution in [0.4, 0.5) is 10.2 Å². The molecule has 35 heavy (non-hydrogen) atoms. The summed E-state index contributed by atoms with van der Waals surface area (Å²) in [5, 5.41) is 18.1. The Labute approximate surface area is 200 Å². The number of carbonyl (C=O) groups excluding carboxylic acids is 2. The molecule has 13 heteroatoms. The molecule has 1 fully saturated rings. The van der Waals surface area contributed by atoms with Crippen LogP contribution in [0.1, 0.15) is 32.8 Å². The molecule has 2 amide bonds. The molecule has 0 unspecified atom stereocenters. The van der Waals surface area contributed by atoms with Crippen molar-refractivity contribution in [3.05, 3.63) is 59.2 Å². The number of benzene rings is 1. The number of hydrogen-bond donors (Lipinski definition) is 2. The summed E-state index contributed by atoms with van der Waals surface area (Å²) in [4.78, 5) is 33.3. The van der Waals surface area contributed by atoms with Gasteiger partial charge < -0.3 is 15.7 Å². The number of aromatic nitrogens is 2. The Morgan fingerprint density at radius 1 is 1.20 bits per heavy atom. The summed E-state index contributed by atoms with van der Waals surface area (Å²) >= 11 is 0. The van der Waals surface area contributed by atoms with Crippen LogP contribution in [0.3, 0.4) is 0 Å². The highest BCUT2D eigenvalue weighted by atomic mass is 32.2. The van der Waals surface area contributed by atoms with Gasteiger partial charge in [0.2, 0.25) is 0 Å². The largest absolute Gasteiger partial charge is 0.869 e. The second-order valence-electron chi connectivity index (χ2n) is 7.83. The number of carbonyl (C=O) groups is 2. The summed E-state index contributed by atoms with van der Waals surface area (Å²) in [7, 11) is -1.09. The molecule has 0 atom stereocenters. The van der Waals surface area contributed by atoms with Crippen molar-refractivity contribution >= 4 is 38.7 Å². The minimum absolute atomic E-state index is 0.0198. The van der Waals surface area contributed by atoms with Crippen LogP contribution in [0.15, 0.2) is 36.5 Å². The summed E-state index contributed by atoms with van der Waals surface area (Å²) in [6, 6.07) is 6.58. The van der Waals surface area contributed by atoms with Crippen LogP contribution in [-0.4, -0.2) is 61.7 Å². The molecule has 0 aliphatic carbocycles. The van der Waals surface area contributed by atoms with E-state index in [2.05, 4.69) is 20.6 Å². The molecule has 4 rings (SSSR count). The number of hydrogen-bond acceptors (Lipinski definition) is 7. The average Bonchev–Trinajstić information content (AvgIpc) is 2.85. The monoisotopic (exact) mass is 501 g/mol. The highest BCUT2D eigenvalue weighted by Crippen LogP contribution is 2.33. The normalized spacial score (nSPS) is 15.7. The number of pyridine rings is 2. The van der Waals surface area contributed by atoms with Gasteiger partial charge >= 0.3 is 10.2 Å². The van der Waals surface area contributed by atoms with E-state index in [9.17, 15) is 27.5 Å². The summed E-state index contributed by atoms with van der Waals surface area (Å²) < 4.78 is 41.7. The molecule has 0 bridgehead atoms. The Morgan fingerprint density at radius 2 is 1.97 bits per heavy atom. The van der Waals surface area contributed by atoms with E-state index < -0.39 is 39.3 Å². The number of amides is 2. The lowest BCUT2D eigenvalue weighted by Crippen LogP contribution is -2.48. The van der Waals surface area contributed by atoms with E-state index in [1.54, 1.807) is 6.07 Å². The van der Waals surface area contributed by atoms with Crippen LogP contribution in [0.25, 0.3) is 10.9 Å². The lowest BCUT2D eigenvalue weighted by molar-refractivity contribution is -0.266. The van der Waals surface area contributed by atoms with Crippen LogP contribution >= 0.6 is 0 Å². The van der Waals surface area contributed by atoms with Gasteiger partial charge in [-0.05, 0) is 42.0 Å². The number of nitrogens with zero attached hydrogens (tertiary/aromatic N) is 4. The molecule has 1 aliphatic rings. The molecule has 3 heterocycles. The van der Waals surface area contributed by atoms with Crippen molar-refractivity contribution in [1.29, 1.82) is 0 Å². The molecule has 1 aliphatic heterocycles. The molecule has 2 N–H and O–H groups in total. The molecule has 0 saturated carbocycles. The molecule has 3 aromatic rings. The lowest BCUT2D eigenvalue weighted by atomic mass is 10.1. The van der Waals surface area contributed by atoms with Gasteiger partial charge in [0.25, 0.3) is 11.8 Å². The first-order valence-electron chi connectivity index (χ1n) is 10.6. The van der Waals surface area contributed by atoms with Gasteiger partial charge in [-0.2, -0.15) is 12.7 Å². The Morgan fingerprint density at radius 3 is 2.71 bits per heavy atom. The predicted molar refractivity (Wildman–Crippen MR) is 123 cm³/mol. The molecular weight excluding hydrogens is 479 g/mol. The predicted octanol–water partition coefficient (Wildman–Crippen LogP) is 0.519. The lowest BCUT2D eigenvalue weighted by Gasteiger charge is -2.34. The van der Waals surface area contributed by atoms with Crippen molar-refractivity contribution in [2.45, 2.75) is 13.0 Å². The summed E-state index contributed by atoms with van der Waals surface area (Å²) in [6.45, 7) is 0.241. The Bertz CT molecular complexity index is 1430. The topological polar surface area (TPSA) is 148 Å². The highest BCUT2D eigenvalue weighted by Gasteiger charge is 2.34. The molecule has 2 aromatic heterocycles. The van der Waals surface area contributed by atoms with Crippen LogP contribution in [-0.2, 0) is 16.8 Å². The fourth-order valence-electron chi connectivity index (χ4n) is 3.80. The molecule has 0 spiro atoms. The Hall–Kier alpha value is -3.84. The quantitative estimate of drug-likeness (QED) is 0.518. The number of rotatable bonds is 5. The van der Waals surface area contributed by atoms with E-state index in [4.69, 9.17) is 0 Å². The van der Waals surface area contributed by atoms with Crippen molar-refractivity contribution in [3.63, 3.8) is 0 Å². The molecular formula is C22H22FN6O5S-. The van der Waals surface area contributed by atoms with E-state index >= 15 is 0 Å². The maximum Gasteiger partial charge on any atom is 0.305 e. The van der Waals surface area contributed by atoms with Gasteiger partial charge in [-0.1, -0.05) is 6.07 Å². The zero-order valence-electron chi connectivity index (χ0n) is 18.9. The molecule has 0 radical (unpaired) electrons. The van der Waals surface area contributed by atoms with E-state index in [0.717, 1.165) is 16.4 Å². The minimum Gasteiger partial charge on any atom is -0.869 e. The minimum atomic E-state index is -3.92. The number of halogens is 1. The van der Waals surface area contributed by atoms with E-state index in [1.165, 1.54) is 36.7 Å². The average molecular weight is 502 g/mol. The first-order chi connectivity index (χ1) is 16.6. The fourth-order valence-corrected chi connectivity index (χ4v) is 5.21. The standard InChI is InChI=1S/C22H23FN6O5S/c1-24-21(31)16-11-14(23)7-6-13(16)12-26-22(32)18-19(30)17-15(5-3-8-25-17)20(27-18)29-10-4-9-28(2)35(29,33)34/h3,5-8,11,30H,4,9-10,12H2,1-2H3,(H,24,31)(H,26,32)/p-1. The van der Waals surface area contributed by atoms with Gasteiger partial charge in [-0.25, -0.2) is 13.7 Å². The van der Waals surface area contributed by atoms with E-state index in [-0.39, 0.29) is 35.4 Å². The van der Waals surface area contributed by atoms with E-state index in [0.29, 0.717) is 18.5 Å². The van der Waals surface area contributed by atoms with Crippen molar-refractivity contribution in [1.82, 2.24) is 24.9 Å². The van der Waals surface area contributed by atoms with E-state index in [1.807, 2.05) is 0 Å². The second kappa shape index (κ2) is 9.43. The van der Waals surface area contributed by atoms with Gasteiger partial charge in [0.05, 0.1) is 5.52 Å². The van der Waals surface area contributed by atoms with Crippen molar-refractivity contribution in [2.24, 2.45) is 0 Å². The third-order valence-corrected chi connectivity index (χ3v) is 7.52.